The Hall–Kier alpha value is -2.95. The number of anilines is 1. The van der Waals surface area contributed by atoms with Crippen LogP contribution in [0.4, 0.5) is 23.4 Å². The van der Waals surface area contributed by atoms with Gasteiger partial charge in [-0.1, -0.05) is 0 Å². The Morgan fingerprint density at radius 1 is 1.35 bits per heavy atom. The third-order valence-corrected chi connectivity index (χ3v) is 3.77. The molecule has 1 aromatic heterocycles. The molecule has 0 saturated heterocycles. The number of halogens is 4. The van der Waals surface area contributed by atoms with Crippen molar-refractivity contribution >= 4 is 17.6 Å². The van der Waals surface area contributed by atoms with Crippen molar-refractivity contribution in [3.63, 3.8) is 0 Å². The Bertz CT molecular complexity index is 892. The van der Waals surface area contributed by atoms with Crippen molar-refractivity contribution in [3.8, 4) is 0 Å². The first-order valence-corrected chi connectivity index (χ1v) is 7.34. The summed E-state index contributed by atoms with van der Waals surface area (Å²) in [4.78, 5) is 27.7. The number of nitrogens with zero attached hydrogens (tertiary/aromatic N) is 2. The molecule has 0 bridgehead atoms. The van der Waals surface area contributed by atoms with Gasteiger partial charge in [-0.3, -0.25) is 9.59 Å². The van der Waals surface area contributed by atoms with Gasteiger partial charge in [-0.25, -0.2) is 9.37 Å². The molecule has 3 N–H and O–H groups in total. The lowest BCUT2D eigenvalue weighted by molar-refractivity contribution is -0.137. The number of hydrogen-bond donors (Lipinski definition) is 3. The normalized spacial score (nSPS) is 14.0. The molecule has 26 heavy (non-hydrogen) atoms. The third kappa shape index (κ3) is 3.38. The summed E-state index contributed by atoms with van der Waals surface area (Å²) in [5.74, 6) is -2.45. The predicted molar refractivity (Wildman–Crippen MR) is 79.4 cm³/mol. The smallest absolute Gasteiger partial charge is 0.388 e. The summed E-state index contributed by atoms with van der Waals surface area (Å²) >= 11 is 0. The topological polar surface area (TPSA) is 96.2 Å². The SMILES string of the molecule is O=C1Cn2c(CO)nc(NC(=O)c3cc(F)cc(C(F)(F)F)c3)c2CN1. The molecule has 11 heteroatoms. The average Bonchev–Trinajstić information content (AvgIpc) is 2.90. The van der Waals surface area contributed by atoms with Gasteiger partial charge in [-0.2, -0.15) is 13.2 Å². The van der Waals surface area contributed by atoms with Crippen LogP contribution >= 0.6 is 0 Å². The van der Waals surface area contributed by atoms with Gasteiger partial charge in [0.15, 0.2) is 5.82 Å². The van der Waals surface area contributed by atoms with E-state index in [1.807, 2.05) is 0 Å². The standard InChI is InChI=1S/C15H12F4N4O3/c16-9-2-7(1-8(3-9)15(17,18)19)14(26)22-13-10-4-20-12(25)5-23(10)11(6-24)21-13/h1-3,24H,4-6H2,(H,20,25)(H,22,26). The van der Waals surface area contributed by atoms with Crippen LogP contribution < -0.4 is 10.6 Å². The molecule has 2 heterocycles. The Balaban J connectivity index is 1.92. The van der Waals surface area contributed by atoms with E-state index in [1.54, 1.807) is 0 Å². The molecular formula is C15H12F4N4O3. The van der Waals surface area contributed by atoms with Crippen LogP contribution in [0.1, 0.15) is 27.4 Å². The van der Waals surface area contributed by atoms with E-state index in [1.165, 1.54) is 4.57 Å². The summed E-state index contributed by atoms with van der Waals surface area (Å²) in [5, 5.41) is 14.1. The van der Waals surface area contributed by atoms with Gasteiger partial charge in [0, 0.05) is 5.56 Å². The van der Waals surface area contributed by atoms with E-state index >= 15 is 0 Å². The zero-order valence-corrected chi connectivity index (χ0v) is 13.0. The van der Waals surface area contributed by atoms with Crippen LogP contribution in [0.3, 0.4) is 0 Å². The number of rotatable bonds is 3. The molecule has 0 unspecified atom stereocenters. The molecule has 2 amide bonds. The molecule has 7 nitrogen and oxygen atoms in total. The van der Waals surface area contributed by atoms with Crippen LogP contribution in [-0.2, 0) is 30.7 Å². The molecule has 3 rings (SSSR count). The Morgan fingerprint density at radius 2 is 2.08 bits per heavy atom. The zero-order chi connectivity index (χ0) is 19.1. The molecule has 0 radical (unpaired) electrons. The first-order chi connectivity index (χ1) is 12.2. The van der Waals surface area contributed by atoms with E-state index in [0.29, 0.717) is 17.8 Å². The number of carbonyl (C=O) groups is 2. The summed E-state index contributed by atoms with van der Waals surface area (Å²) < 4.78 is 53.1. The van der Waals surface area contributed by atoms with Crippen molar-refractivity contribution in [2.45, 2.75) is 25.9 Å². The number of hydrogen-bond acceptors (Lipinski definition) is 4. The van der Waals surface area contributed by atoms with Gasteiger partial charge < -0.3 is 20.3 Å². The van der Waals surface area contributed by atoms with Gasteiger partial charge in [0.1, 0.15) is 24.8 Å². The maximum Gasteiger partial charge on any atom is 0.416 e. The Labute approximate surface area is 143 Å². The van der Waals surface area contributed by atoms with Crippen LogP contribution in [0.5, 0.6) is 0 Å². The number of nitrogens with one attached hydrogen (secondary N) is 2. The average molecular weight is 372 g/mol. The fourth-order valence-corrected chi connectivity index (χ4v) is 2.57. The van der Waals surface area contributed by atoms with Crippen LogP contribution in [0.2, 0.25) is 0 Å². The van der Waals surface area contributed by atoms with Crippen molar-refractivity contribution in [1.29, 1.82) is 0 Å². The number of aliphatic hydroxyl groups is 1. The highest BCUT2D eigenvalue weighted by molar-refractivity contribution is 6.04. The second kappa shape index (κ2) is 6.41. The molecule has 1 aromatic carbocycles. The van der Waals surface area contributed by atoms with Gasteiger partial charge in [0.2, 0.25) is 5.91 Å². The number of imidazole rings is 1. The second-order valence-corrected chi connectivity index (χ2v) is 5.52. The van der Waals surface area contributed by atoms with Gasteiger partial charge >= 0.3 is 6.18 Å². The van der Waals surface area contributed by atoms with E-state index in [4.69, 9.17) is 0 Å². The highest BCUT2D eigenvalue weighted by Crippen LogP contribution is 2.30. The number of carbonyl (C=O) groups excluding carboxylic acids is 2. The summed E-state index contributed by atoms with van der Waals surface area (Å²) in [5.41, 5.74) is -1.46. The molecule has 0 atom stereocenters. The lowest BCUT2D eigenvalue weighted by atomic mass is 10.1. The largest absolute Gasteiger partial charge is 0.416 e. The van der Waals surface area contributed by atoms with Crippen molar-refractivity contribution in [2.75, 3.05) is 5.32 Å². The van der Waals surface area contributed by atoms with Crippen molar-refractivity contribution in [3.05, 3.63) is 46.7 Å². The number of aromatic nitrogens is 2. The zero-order valence-electron chi connectivity index (χ0n) is 13.0. The Kier molecular flexibility index (Phi) is 4.40. The highest BCUT2D eigenvalue weighted by atomic mass is 19.4. The minimum Gasteiger partial charge on any atom is -0.388 e. The minimum atomic E-state index is -4.81. The second-order valence-electron chi connectivity index (χ2n) is 5.52. The van der Waals surface area contributed by atoms with Crippen LogP contribution in [-0.4, -0.2) is 26.5 Å². The summed E-state index contributed by atoms with van der Waals surface area (Å²) in [6.45, 7) is -0.612. The molecule has 2 aromatic rings. The quantitative estimate of drug-likeness (QED) is 0.710. The minimum absolute atomic E-state index is 0.0123. The van der Waals surface area contributed by atoms with Crippen molar-refractivity contribution in [2.24, 2.45) is 0 Å². The van der Waals surface area contributed by atoms with Gasteiger partial charge in [0.05, 0.1) is 17.8 Å². The van der Waals surface area contributed by atoms with E-state index in [-0.39, 0.29) is 36.7 Å². The molecule has 1 aliphatic rings. The van der Waals surface area contributed by atoms with E-state index < -0.39 is 35.6 Å². The predicted octanol–water partition coefficient (Wildman–Crippen LogP) is 1.42. The molecule has 0 saturated carbocycles. The first kappa shape index (κ1) is 17.9. The lowest BCUT2D eigenvalue weighted by Gasteiger charge is -2.17. The molecule has 0 aliphatic carbocycles. The van der Waals surface area contributed by atoms with E-state index in [2.05, 4.69) is 15.6 Å². The summed E-state index contributed by atoms with van der Waals surface area (Å²) in [7, 11) is 0. The number of alkyl halides is 3. The number of fused-ring (bicyclic) bond motifs is 1. The monoisotopic (exact) mass is 372 g/mol. The number of amides is 2. The van der Waals surface area contributed by atoms with Crippen molar-refractivity contribution < 1.29 is 32.3 Å². The van der Waals surface area contributed by atoms with Gasteiger partial charge in [-0.05, 0) is 18.2 Å². The van der Waals surface area contributed by atoms with Crippen molar-refractivity contribution in [1.82, 2.24) is 14.9 Å². The number of aliphatic hydroxyl groups excluding tert-OH is 1. The first-order valence-electron chi connectivity index (χ1n) is 7.34. The van der Waals surface area contributed by atoms with E-state index in [9.17, 15) is 32.3 Å². The Morgan fingerprint density at radius 3 is 2.73 bits per heavy atom. The van der Waals surface area contributed by atoms with Gasteiger partial charge in [-0.15, -0.1) is 0 Å². The molecule has 138 valence electrons. The fourth-order valence-electron chi connectivity index (χ4n) is 2.57. The maximum absolute atomic E-state index is 13.5. The van der Waals surface area contributed by atoms with Crippen LogP contribution in [0.15, 0.2) is 18.2 Å². The fraction of sp³-hybridized carbons (Fsp3) is 0.267. The third-order valence-electron chi connectivity index (χ3n) is 3.77. The summed E-state index contributed by atoms with van der Waals surface area (Å²) in [6, 6.07) is 1.48. The molecule has 1 aliphatic heterocycles. The maximum atomic E-state index is 13.5. The van der Waals surface area contributed by atoms with E-state index in [0.717, 1.165) is 0 Å². The summed E-state index contributed by atoms with van der Waals surface area (Å²) in [6.07, 6.45) is -4.81. The number of benzene rings is 1. The highest BCUT2D eigenvalue weighted by Gasteiger charge is 2.32. The molecule has 0 fully saturated rings. The van der Waals surface area contributed by atoms with Crippen LogP contribution in [0, 0.1) is 5.82 Å². The molecule has 0 spiro atoms. The van der Waals surface area contributed by atoms with Crippen LogP contribution in [0.25, 0.3) is 0 Å². The lowest BCUT2D eigenvalue weighted by Crippen LogP contribution is -2.35. The molecular weight excluding hydrogens is 360 g/mol. The van der Waals surface area contributed by atoms with Gasteiger partial charge in [0.25, 0.3) is 5.91 Å².